The number of H-pyrrole nitrogens is 1. The number of allylic oxidation sites excluding steroid dienone is 4. The van der Waals surface area contributed by atoms with E-state index in [0.29, 0.717) is 17.8 Å². The van der Waals surface area contributed by atoms with Gasteiger partial charge >= 0.3 is 0 Å². The maximum absolute atomic E-state index is 11.8. The number of hydrogen-bond acceptors (Lipinski definition) is 3. The van der Waals surface area contributed by atoms with Gasteiger partial charge in [-0.2, -0.15) is 5.10 Å². The van der Waals surface area contributed by atoms with Crippen molar-refractivity contribution >= 4 is 11.6 Å². The molecule has 1 heterocycles. The van der Waals surface area contributed by atoms with E-state index in [2.05, 4.69) is 23.4 Å². The van der Waals surface area contributed by atoms with Crippen molar-refractivity contribution in [2.24, 2.45) is 0 Å². The quantitative estimate of drug-likeness (QED) is 0.420. The Balaban J connectivity index is 2.25. The molecule has 0 saturated carbocycles. The van der Waals surface area contributed by atoms with E-state index in [1.807, 2.05) is 12.2 Å². The molecule has 1 aromatic rings. The van der Waals surface area contributed by atoms with Crippen LogP contribution in [0.15, 0.2) is 43.2 Å². The van der Waals surface area contributed by atoms with Crippen molar-refractivity contribution in [1.29, 1.82) is 0 Å². The second-order valence-electron chi connectivity index (χ2n) is 4.08. The van der Waals surface area contributed by atoms with E-state index < -0.39 is 0 Å². The van der Waals surface area contributed by atoms with Gasteiger partial charge in [0.2, 0.25) is 0 Å². The number of carbonyl (C=O) groups excluding carboxylic acids is 1. The molecule has 0 spiro atoms. The summed E-state index contributed by atoms with van der Waals surface area (Å²) in [5, 5.41) is 6.29. The van der Waals surface area contributed by atoms with Crippen molar-refractivity contribution in [3.63, 3.8) is 0 Å². The third kappa shape index (κ3) is 4.41. The lowest BCUT2D eigenvalue weighted by atomic mass is 10.0. The average molecular weight is 245 g/mol. The molecule has 0 fully saturated rings. The maximum Gasteiger partial charge on any atom is 0.168 e. The second-order valence-corrected chi connectivity index (χ2v) is 4.08. The summed E-state index contributed by atoms with van der Waals surface area (Å²) >= 11 is 0. The van der Waals surface area contributed by atoms with Crippen molar-refractivity contribution in [3.8, 4) is 0 Å². The molecule has 0 aliphatic heterocycles. The lowest BCUT2D eigenvalue weighted by molar-refractivity contribution is 0.0980. The first-order chi connectivity index (χ1) is 8.65. The summed E-state index contributed by atoms with van der Waals surface area (Å²) in [5.41, 5.74) is 7.11. The van der Waals surface area contributed by atoms with Gasteiger partial charge in [0.25, 0.3) is 0 Å². The van der Waals surface area contributed by atoms with Crippen LogP contribution < -0.4 is 5.73 Å². The van der Waals surface area contributed by atoms with Crippen molar-refractivity contribution < 1.29 is 4.79 Å². The summed E-state index contributed by atoms with van der Waals surface area (Å²) in [5.74, 6) is 0.381. The molecule has 0 aliphatic rings. The van der Waals surface area contributed by atoms with Gasteiger partial charge in [-0.3, -0.25) is 9.89 Å². The molecule has 0 amide bonds. The summed E-state index contributed by atoms with van der Waals surface area (Å²) < 4.78 is 0. The zero-order valence-electron chi connectivity index (χ0n) is 10.5. The molecule has 0 unspecified atom stereocenters. The number of nitrogens with one attached hydrogen (secondary N) is 1. The zero-order valence-corrected chi connectivity index (χ0v) is 10.5. The highest BCUT2D eigenvalue weighted by atomic mass is 16.1. The van der Waals surface area contributed by atoms with Gasteiger partial charge in [0.15, 0.2) is 5.78 Å². The van der Waals surface area contributed by atoms with Crippen molar-refractivity contribution in [3.05, 3.63) is 48.7 Å². The minimum Gasteiger partial charge on any atom is -0.383 e. The highest BCUT2D eigenvalue weighted by Gasteiger charge is 2.10. The van der Waals surface area contributed by atoms with Crippen LogP contribution in [0, 0.1) is 0 Å². The van der Waals surface area contributed by atoms with Gasteiger partial charge in [-0.25, -0.2) is 0 Å². The Morgan fingerprint density at radius 2 is 2.17 bits per heavy atom. The lowest BCUT2D eigenvalue weighted by Gasteiger charge is -2.01. The zero-order chi connectivity index (χ0) is 13.4. The second kappa shape index (κ2) is 7.27. The molecule has 0 aromatic carbocycles. The fourth-order valence-corrected chi connectivity index (χ4v) is 1.58. The third-order valence-corrected chi connectivity index (χ3v) is 2.59. The van der Waals surface area contributed by atoms with Gasteiger partial charge in [-0.15, -0.1) is 0 Å². The number of Topliss-reactive ketones (excluding diaryl/α,β-unsaturated/α-hetero) is 1. The SMILES string of the molecule is C=CC=CC(=C)CCCCC(=O)c1cn[nH]c1N. The van der Waals surface area contributed by atoms with E-state index in [9.17, 15) is 4.79 Å². The monoisotopic (exact) mass is 245 g/mol. The molecule has 0 aliphatic carbocycles. The minimum absolute atomic E-state index is 0.0356. The topological polar surface area (TPSA) is 71.8 Å². The third-order valence-electron chi connectivity index (χ3n) is 2.59. The maximum atomic E-state index is 11.8. The Hall–Kier alpha value is -2.10. The molecule has 1 aromatic heterocycles. The summed E-state index contributed by atoms with van der Waals surface area (Å²) in [6.45, 7) is 7.51. The Bertz CT molecular complexity index is 457. The smallest absolute Gasteiger partial charge is 0.168 e. The van der Waals surface area contributed by atoms with Crippen LogP contribution in [0.3, 0.4) is 0 Å². The van der Waals surface area contributed by atoms with Crippen LogP contribution in [0.5, 0.6) is 0 Å². The number of nitrogens with two attached hydrogens (primary N) is 1. The summed E-state index contributed by atoms with van der Waals surface area (Å²) in [6.07, 6.45) is 10.1. The minimum atomic E-state index is 0.0356. The number of nitrogen functional groups attached to an aromatic ring is 1. The van der Waals surface area contributed by atoms with Gasteiger partial charge in [-0.1, -0.05) is 37.0 Å². The number of unbranched alkanes of at least 4 members (excludes halogenated alkanes) is 1. The summed E-state index contributed by atoms with van der Waals surface area (Å²) in [6, 6.07) is 0. The molecule has 96 valence electrons. The van der Waals surface area contributed by atoms with Gasteiger partial charge in [0.05, 0.1) is 11.8 Å². The Morgan fingerprint density at radius 1 is 1.44 bits per heavy atom. The number of aromatic amines is 1. The van der Waals surface area contributed by atoms with Crippen LogP contribution in [0.2, 0.25) is 0 Å². The van der Waals surface area contributed by atoms with E-state index >= 15 is 0 Å². The first-order valence-electron chi connectivity index (χ1n) is 5.94. The number of aromatic nitrogens is 2. The number of nitrogens with zero attached hydrogens (tertiary/aromatic N) is 1. The highest BCUT2D eigenvalue weighted by molar-refractivity contribution is 5.99. The Morgan fingerprint density at radius 3 is 2.78 bits per heavy atom. The molecular formula is C14H19N3O. The molecule has 0 radical (unpaired) electrons. The van der Waals surface area contributed by atoms with E-state index in [4.69, 9.17) is 5.73 Å². The Kier molecular flexibility index (Phi) is 5.64. The number of ketones is 1. The van der Waals surface area contributed by atoms with Crippen LogP contribution in [-0.2, 0) is 0 Å². The van der Waals surface area contributed by atoms with E-state index in [-0.39, 0.29) is 5.78 Å². The van der Waals surface area contributed by atoms with Crippen molar-refractivity contribution in [2.45, 2.75) is 25.7 Å². The standard InChI is InChI=1S/C14H19N3O/c1-3-4-7-11(2)8-5-6-9-13(18)12-10-16-17-14(12)15/h3-4,7,10H,1-2,5-6,8-9H2,(H3,15,16,17). The number of rotatable bonds is 8. The van der Waals surface area contributed by atoms with E-state index in [1.165, 1.54) is 6.20 Å². The largest absolute Gasteiger partial charge is 0.383 e. The summed E-state index contributed by atoms with van der Waals surface area (Å²) in [7, 11) is 0. The van der Waals surface area contributed by atoms with Gasteiger partial charge in [-0.05, 0) is 19.3 Å². The molecule has 0 saturated heterocycles. The van der Waals surface area contributed by atoms with Crippen LogP contribution in [0.25, 0.3) is 0 Å². The Labute approximate surface area is 107 Å². The highest BCUT2D eigenvalue weighted by Crippen LogP contribution is 2.14. The number of anilines is 1. The molecule has 1 rings (SSSR count). The average Bonchev–Trinajstić information content (AvgIpc) is 2.78. The van der Waals surface area contributed by atoms with Crippen molar-refractivity contribution in [1.82, 2.24) is 10.2 Å². The predicted octanol–water partition coefficient (Wildman–Crippen LogP) is 3.03. The molecule has 0 bridgehead atoms. The molecule has 4 nitrogen and oxygen atoms in total. The van der Waals surface area contributed by atoms with Crippen LogP contribution >= 0.6 is 0 Å². The fraction of sp³-hybridized carbons (Fsp3) is 0.286. The number of carbonyl (C=O) groups is 1. The first kappa shape index (κ1) is 14.0. The molecule has 4 heteroatoms. The van der Waals surface area contributed by atoms with E-state index in [0.717, 1.165) is 24.8 Å². The molecular weight excluding hydrogens is 226 g/mol. The first-order valence-corrected chi connectivity index (χ1v) is 5.94. The van der Waals surface area contributed by atoms with Gasteiger partial charge in [0, 0.05) is 6.42 Å². The molecule has 0 atom stereocenters. The van der Waals surface area contributed by atoms with Crippen LogP contribution in [0.4, 0.5) is 5.82 Å². The molecule has 3 N–H and O–H groups in total. The normalized spacial score (nSPS) is 10.7. The van der Waals surface area contributed by atoms with Gasteiger partial charge in [0.1, 0.15) is 5.82 Å². The summed E-state index contributed by atoms with van der Waals surface area (Å²) in [4.78, 5) is 11.8. The van der Waals surface area contributed by atoms with Crippen LogP contribution in [0.1, 0.15) is 36.0 Å². The van der Waals surface area contributed by atoms with Crippen LogP contribution in [-0.4, -0.2) is 16.0 Å². The predicted molar refractivity (Wildman–Crippen MR) is 74.3 cm³/mol. The van der Waals surface area contributed by atoms with Gasteiger partial charge < -0.3 is 5.73 Å². The number of hydrogen-bond donors (Lipinski definition) is 2. The molecule has 18 heavy (non-hydrogen) atoms. The fourth-order valence-electron chi connectivity index (χ4n) is 1.58. The lowest BCUT2D eigenvalue weighted by Crippen LogP contribution is -2.01. The van der Waals surface area contributed by atoms with Crippen molar-refractivity contribution in [2.75, 3.05) is 5.73 Å². The van der Waals surface area contributed by atoms with E-state index in [1.54, 1.807) is 6.08 Å².